The van der Waals surface area contributed by atoms with Gasteiger partial charge < -0.3 is 9.32 Å². The minimum Gasteiger partial charge on any atom is -0.459 e. The van der Waals surface area contributed by atoms with Crippen LogP contribution in [-0.2, 0) is 22.9 Å². The van der Waals surface area contributed by atoms with Crippen LogP contribution in [0.25, 0.3) is 0 Å². The van der Waals surface area contributed by atoms with Gasteiger partial charge in [0.15, 0.2) is 15.6 Å². The summed E-state index contributed by atoms with van der Waals surface area (Å²) in [7, 11) is -3.28. The summed E-state index contributed by atoms with van der Waals surface area (Å²) in [6.45, 7) is 2.59. The van der Waals surface area contributed by atoms with Gasteiger partial charge in [-0.25, -0.2) is 8.42 Å². The molecule has 1 aromatic carbocycles. The van der Waals surface area contributed by atoms with Crippen LogP contribution in [0.4, 0.5) is 0 Å². The van der Waals surface area contributed by atoms with Crippen LogP contribution in [-0.4, -0.2) is 54.5 Å². The van der Waals surface area contributed by atoms with Gasteiger partial charge in [0.05, 0.1) is 11.2 Å². The first kappa shape index (κ1) is 22.2. The molecule has 2 aromatic heterocycles. The predicted octanol–water partition coefficient (Wildman–Crippen LogP) is 3.39. The van der Waals surface area contributed by atoms with E-state index in [1.54, 1.807) is 36.7 Å². The number of furan rings is 1. The fourth-order valence-electron chi connectivity index (χ4n) is 4.22. The number of carbonyl (C=O) groups is 1. The van der Waals surface area contributed by atoms with Gasteiger partial charge >= 0.3 is 0 Å². The molecule has 1 aliphatic heterocycles. The van der Waals surface area contributed by atoms with Crippen LogP contribution in [0, 0.1) is 0 Å². The monoisotopic (exact) mass is 453 g/mol. The molecule has 0 saturated carbocycles. The van der Waals surface area contributed by atoms with Gasteiger partial charge in [-0.05, 0) is 48.2 Å². The minimum atomic E-state index is -3.28. The molecular weight excluding hydrogens is 426 g/mol. The summed E-state index contributed by atoms with van der Waals surface area (Å²) < 4.78 is 29.6. The molecule has 1 saturated heterocycles. The second kappa shape index (κ2) is 9.67. The Kier molecular flexibility index (Phi) is 6.72. The summed E-state index contributed by atoms with van der Waals surface area (Å²) in [4.78, 5) is 21.8. The SMILES string of the molecule is CS(=O)(=O)c1ccccc1CN1CCC(N(Cc2cccnc2)C(=O)c2ccco2)CC1. The molecule has 0 N–H and O–H groups in total. The zero-order valence-corrected chi connectivity index (χ0v) is 18.9. The Labute approximate surface area is 188 Å². The average molecular weight is 454 g/mol. The lowest BCUT2D eigenvalue weighted by Crippen LogP contribution is -2.46. The number of rotatable bonds is 7. The third kappa shape index (κ3) is 5.26. The highest BCUT2D eigenvalue weighted by Crippen LogP contribution is 2.24. The van der Waals surface area contributed by atoms with Gasteiger partial charge in [-0.2, -0.15) is 0 Å². The van der Waals surface area contributed by atoms with E-state index in [0.717, 1.165) is 37.1 Å². The van der Waals surface area contributed by atoms with Crippen LogP contribution in [0.15, 0.2) is 76.5 Å². The van der Waals surface area contributed by atoms with Crippen molar-refractivity contribution in [3.05, 3.63) is 84.1 Å². The summed E-state index contributed by atoms with van der Waals surface area (Å²) >= 11 is 0. The smallest absolute Gasteiger partial charge is 0.290 e. The molecule has 0 spiro atoms. The number of benzene rings is 1. The van der Waals surface area contributed by atoms with Crippen molar-refractivity contribution < 1.29 is 17.6 Å². The number of sulfone groups is 1. The van der Waals surface area contributed by atoms with Crippen molar-refractivity contribution in [1.29, 1.82) is 0 Å². The highest BCUT2D eigenvalue weighted by atomic mass is 32.2. The van der Waals surface area contributed by atoms with E-state index in [1.807, 2.05) is 29.2 Å². The summed E-state index contributed by atoms with van der Waals surface area (Å²) in [5, 5.41) is 0. The quantitative estimate of drug-likeness (QED) is 0.545. The van der Waals surface area contributed by atoms with E-state index in [1.165, 1.54) is 12.5 Å². The van der Waals surface area contributed by atoms with E-state index in [4.69, 9.17) is 4.42 Å². The molecule has 0 aliphatic carbocycles. The summed E-state index contributed by atoms with van der Waals surface area (Å²) in [6.07, 6.45) is 7.85. The lowest BCUT2D eigenvalue weighted by Gasteiger charge is -2.38. The largest absolute Gasteiger partial charge is 0.459 e. The Hall–Kier alpha value is -2.97. The molecule has 0 unspecified atom stereocenters. The van der Waals surface area contributed by atoms with E-state index >= 15 is 0 Å². The van der Waals surface area contributed by atoms with Crippen molar-refractivity contribution >= 4 is 15.7 Å². The van der Waals surface area contributed by atoms with Gasteiger partial charge in [0.2, 0.25) is 0 Å². The molecule has 7 nitrogen and oxygen atoms in total. The highest BCUT2D eigenvalue weighted by Gasteiger charge is 2.30. The van der Waals surface area contributed by atoms with Crippen molar-refractivity contribution in [2.24, 2.45) is 0 Å². The van der Waals surface area contributed by atoms with Gasteiger partial charge in [0.25, 0.3) is 5.91 Å². The van der Waals surface area contributed by atoms with Gasteiger partial charge in [-0.1, -0.05) is 24.3 Å². The maximum atomic E-state index is 13.2. The van der Waals surface area contributed by atoms with Gasteiger partial charge in [0.1, 0.15) is 0 Å². The summed E-state index contributed by atoms with van der Waals surface area (Å²) in [5.74, 6) is 0.207. The maximum absolute atomic E-state index is 13.2. The molecule has 32 heavy (non-hydrogen) atoms. The van der Waals surface area contributed by atoms with Crippen molar-refractivity contribution in [1.82, 2.24) is 14.8 Å². The number of hydrogen-bond donors (Lipinski definition) is 0. The average Bonchev–Trinajstić information content (AvgIpc) is 3.33. The van der Waals surface area contributed by atoms with E-state index in [2.05, 4.69) is 9.88 Å². The number of piperidine rings is 1. The molecule has 1 aliphatic rings. The van der Waals surface area contributed by atoms with E-state index in [9.17, 15) is 13.2 Å². The number of hydrogen-bond acceptors (Lipinski definition) is 6. The van der Waals surface area contributed by atoms with Crippen LogP contribution in [0.2, 0.25) is 0 Å². The standard InChI is InChI=1S/C24H27N3O4S/c1-32(29,30)23-9-3-2-7-20(23)18-26-13-10-21(11-14-26)27(17-19-6-4-12-25-16-19)24(28)22-8-5-15-31-22/h2-9,12,15-16,21H,10-11,13-14,17-18H2,1H3. The number of likely N-dealkylation sites (tertiary alicyclic amines) is 1. The lowest BCUT2D eigenvalue weighted by atomic mass is 10.0. The summed E-state index contributed by atoms with van der Waals surface area (Å²) in [5.41, 5.74) is 1.78. The molecule has 0 bridgehead atoms. The van der Waals surface area contributed by atoms with E-state index in [0.29, 0.717) is 23.7 Å². The third-order valence-electron chi connectivity index (χ3n) is 5.83. The van der Waals surface area contributed by atoms with Crippen LogP contribution >= 0.6 is 0 Å². The first-order chi connectivity index (χ1) is 15.4. The first-order valence-electron chi connectivity index (χ1n) is 10.7. The molecule has 168 valence electrons. The predicted molar refractivity (Wildman–Crippen MR) is 121 cm³/mol. The molecule has 3 heterocycles. The second-order valence-corrected chi connectivity index (χ2v) is 10.1. The Balaban J connectivity index is 1.46. The first-order valence-corrected chi connectivity index (χ1v) is 12.5. The van der Waals surface area contributed by atoms with Gasteiger partial charge in [0, 0.05) is 50.9 Å². The molecule has 8 heteroatoms. The Morgan fingerprint density at radius 2 is 1.91 bits per heavy atom. The number of carbonyl (C=O) groups excluding carboxylic acids is 1. The van der Waals surface area contributed by atoms with Crippen LogP contribution in [0.3, 0.4) is 0 Å². The third-order valence-corrected chi connectivity index (χ3v) is 7.03. The van der Waals surface area contributed by atoms with Crippen molar-refractivity contribution in [3.63, 3.8) is 0 Å². The molecule has 1 amide bonds. The Morgan fingerprint density at radius 1 is 1.12 bits per heavy atom. The van der Waals surface area contributed by atoms with Gasteiger partial charge in [-0.15, -0.1) is 0 Å². The topological polar surface area (TPSA) is 83.7 Å². The van der Waals surface area contributed by atoms with Crippen molar-refractivity contribution in [2.75, 3.05) is 19.3 Å². The number of amides is 1. The van der Waals surface area contributed by atoms with Crippen molar-refractivity contribution in [2.45, 2.75) is 36.9 Å². The zero-order valence-electron chi connectivity index (χ0n) is 18.1. The van der Waals surface area contributed by atoms with Crippen LogP contribution in [0.1, 0.15) is 34.5 Å². The molecule has 0 radical (unpaired) electrons. The minimum absolute atomic E-state index is 0.0641. The molecular formula is C24H27N3O4S. The van der Waals surface area contributed by atoms with Gasteiger partial charge in [-0.3, -0.25) is 14.7 Å². The van der Waals surface area contributed by atoms with Crippen LogP contribution in [0.5, 0.6) is 0 Å². The van der Waals surface area contributed by atoms with Crippen molar-refractivity contribution in [3.8, 4) is 0 Å². The van der Waals surface area contributed by atoms with E-state index < -0.39 is 9.84 Å². The Morgan fingerprint density at radius 3 is 2.56 bits per heavy atom. The fourth-order valence-corrected chi connectivity index (χ4v) is 5.16. The molecule has 3 aromatic rings. The second-order valence-electron chi connectivity index (χ2n) is 8.16. The maximum Gasteiger partial charge on any atom is 0.290 e. The van der Waals surface area contributed by atoms with Crippen LogP contribution < -0.4 is 0 Å². The van der Waals surface area contributed by atoms with E-state index in [-0.39, 0.29) is 11.9 Å². The zero-order chi connectivity index (χ0) is 22.6. The summed E-state index contributed by atoms with van der Waals surface area (Å²) in [6, 6.07) is 14.5. The lowest BCUT2D eigenvalue weighted by molar-refractivity contribution is 0.0511. The number of aromatic nitrogens is 1. The highest BCUT2D eigenvalue weighted by molar-refractivity contribution is 7.90. The normalized spacial score (nSPS) is 15.5. The molecule has 4 rings (SSSR count). The Bertz CT molecular complexity index is 1140. The molecule has 1 fully saturated rings. The number of pyridine rings is 1. The fraction of sp³-hybridized carbons (Fsp3) is 0.333. The number of nitrogens with zero attached hydrogens (tertiary/aromatic N) is 3. The molecule has 0 atom stereocenters.